The fourth-order valence-corrected chi connectivity index (χ4v) is 1.73. The van der Waals surface area contributed by atoms with Crippen molar-refractivity contribution in [3.05, 3.63) is 39.8 Å². The molecule has 0 unspecified atom stereocenters. The van der Waals surface area contributed by atoms with Crippen LogP contribution in [-0.4, -0.2) is 4.98 Å². The summed E-state index contributed by atoms with van der Waals surface area (Å²) < 4.78 is 6.40. The second-order valence-electron chi connectivity index (χ2n) is 2.82. The van der Waals surface area contributed by atoms with Crippen LogP contribution in [-0.2, 0) is 0 Å². The fraction of sp³-hybridized carbons (Fsp3) is 0.100. The van der Waals surface area contributed by atoms with Crippen LogP contribution in [0.25, 0.3) is 11.5 Å². The minimum absolute atomic E-state index is 0.688. The van der Waals surface area contributed by atoms with Gasteiger partial charge in [0, 0.05) is 3.57 Å². The largest absolute Gasteiger partial charge is 0.444 e. The number of nitrogens with zero attached hydrogens (tertiary/aromatic N) is 1. The maximum Gasteiger partial charge on any atom is 0.226 e. The Kier molecular flexibility index (Phi) is 2.35. The van der Waals surface area contributed by atoms with Crippen molar-refractivity contribution < 1.29 is 4.42 Å². The third-order valence-corrected chi connectivity index (χ3v) is 2.73. The molecular formula is C10H8INO. The highest BCUT2D eigenvalue weighted by Gasteiger charge is 2.06. The summed E-state index contributed by atoms with van der Waals surface area (Å²) in [6.07, 6.45) is 3.25. The summed E-state index contributed by atoms with van der Waals surface area (Å²) in [6, 6.07) is 6.22. The summed E-state index contributed by atoms with van der Waals surface area (Å²) in [7, 11) is 0. The van der Waals surface area contributed by atoms with Crippen LogP contribution in [0.4, 0.5) is 0 Å². The third-order valence-electron chi connectivity index (χ3n) is 1.78. The summed E-state index contributed by atoms with van der Waals surface area (Å²) in [6.45, 7) is 2.06. The topological polar surface area (TPSA) is 26.0 Å². The van der Waals surface area contributed by atoms with Crippen molar-refractivity contribution in [1.82, 2.24) is 4.98 Å². The number of hydrogen-bond acceptors (Lipinski definition) is 2. The van der Waals surface area contributed by atoms with E-state index in [4.69, 9.17) is 4.42 Å². The predicted molar refractivity (Wildman–Crippen MR) is 59.4 cm³/mol. The highest BCUT2D eigenvalue weighted by Crippen LogP contribution is 2.24. The number of aryl methyl sites for hydroxylation is 1. The molecule has 1 aromatic heterocycles. The van der Waals surface area contributed by atoms with Crippen molar-refractivity contribution >= 4 is 22.6 Å². The Morgan fingerprint density at radius 2 is 2.23 bits per heavy atom. The first-order chi connectivity index (χ1) is 6.27. The van der Waals surface area contributed by atoms with E-state index in [0.29, 0.717) is 5.89 Å². The Balaban J connectivity index is 2.57. The molecule has 0 radical (unpaired) electrons. The van der Waals surface area contributed by atoms with Crippen LogP contribution in [0, 0.1) is 10.5 Å². The van der Waals surface area contributed by atoms with Crippen LogP contribution < -0.4 is 0 Å². The van der Waals surface area contributed by atoms with Gasteiger partial charge >= 0.3 is 0 Å². The van der Waals surface area contributed by atoms with E-state index >= 15 is 0 Å². The van der Waals surface area contributed by atoms with Gasteiger partial charge in [0.05, 0.1) is 11.8 Å². The van der Waals surface area contributed by atoms with E-state index in [0.717, 1.165) is 9.13 Å². The molecule has 0 aliphatic carbocycles. The molecule has 2 rings (SSSR count). The summed E-state index contributed by atoms with van der Waals surface area (Å²) in [5, 5.41) is 0. The van der Waals surface area contributed by atoms with Crippen molar-refractivity contribution in [3.8, 4) is 11.5 Å². The van der Waals surface area contributed by atoms with Gasteiger partial charge < -0.3 is 4.42 Å². The Morgan fingerprint density at radius 1 is 1.38 bits per heavy atom. The normalized spacial score (nSPS) is 10.3. The maximum absolute atomic E-state index is 5.24. The molecule has 0 aliphatic heterocycles. The van der Waals surface area contributed by atoms with E-state index in [9.17, 15) is 0 Å². The Labute approximate surface area is 90.1 Å². The van der Waals surface area contributed by atoms with Gasteiger partial charge in [-0.15, -0.1) is 0 Å². The molecule has 0 amide bonds. The molecule has 0 saturated heterocycles. The number of oxazole rings is 1. The zero-order valence-electron chi connectivity index (χ0n) is 7.12. The Hall–Kier alpha value is -0.840. The third kappa shape index (κ3) is 1.75. The maximum atomic E-state index is 5.24. The van der Waals surface area contributed by atoms with E-state index in [1.807, 2.05) is 0 Å². The lowest BCUT2D eigenvalue weighted by Gasteiger charge is -2.00. The lowest BCUT2D eigenvalue weighted by atomic mass is 10.1. The van der Waals surface area contributed by atoms with E-state index in [1.54, 1.807) is 12.5 Å². The molecule has 0 atom stereocenters. The second-order valence-corrected chi connectivity index (χ2v) is 3.98. The average molecular weight is 285 g/mol. The zero-order chi connectivity index (χ0) is 9.26. The summed E-state index contributed by atoms with van der Waals surface area (Å²) >= 11 is 2.28. The van der Waals surface area contributed by atoms with Crippen LogP contribution in [0.1, 0.15) is 5.56 Å². The van der Waals surface area contributed by atoms with Gasteiger partial charge in [-0.2, -0.15) is 0 Å². The Bertz CT molecular complexity index is 409. The lowest BCUT2D eigenvalue weighted by molar-refractivity contribution is 0.574. The van der Waals surface area contributed by atoms with E-state index in [1.165, 1.54) is 5.56 Å². The first-order valence-corrected chi connectivity index (χ1v) is 5.01. The minimum atomic E-state index is 0.688. The van der Waals surface area contributed by atoms with Crippen molar-refractivity contribution in [2.45, 2.75) is 6.92 Å². The first kappa shape index (κ1) is 8.74. The molecule has 1 heterocycles. The fourth-order valence-electron chi connectivity index (χ4n) is 1.16. The molecule has 0 spiro atoms. The minimum Gasteiger partial charge on any atom is -0.444 e. The standard InChI is InChI=1S/C10H8INO/c1-7-2-3-9(11)8(6-7)10-12-4-5-13-10/h2-6H,1H3. The molecule has 2 nitrogen and oxygen atoms in total. The monoisotopic (exact) mass is 285 g/mol. The van der Waals surface area contributed by atoms with E-state index < -0.39 is 0 Å². The molecular weight excluding hydrogens is 277 g/mol. The molecule has 0 N–H and O–H groups in total. The van der Waals surface area contributed by atoms with Gasteiger partial charge in [-0.25, -0.2) is 4.98 Å². The zero-order valence-corrected chi connectivity index (χ0v) is 9.28. The molecule has 1 aromatic carbocycles. The number of aromatic nitrogens is 1. The number of halogens is 1. The molecule has 13 heavy (non-hydrogen) atoms. The van der Waals surface area contributed by atoms with Crippen LogP contribution in [0.5, 0.6) is 0 Å². The smallest absolute Gasteiger partial charge is 0.226 e. The number of benzene rings is 1. The molecule has 66 valence electrons. The van der Waals surface area contributed by atoms with Gasteiger partial charge in [0.15, 0.2) is 0 Å². The molecule has 0 aliphatic rings. The molecule has 2 aromatic rings. The first-order valence-electron chi connectivity index (χ1n) is 3.93. The van der Waals surface area contributed by atoms with Crippen molar-refractivity contribution in [2.24, 2.45) is 0 Å². The highest BCUT2D eigenvalue weighted by molar-refractivity contribution is 14.1. The van der Waals surface area contributed by atoms with Gasteiger partial charge in [-0.05, 0) is 41.6 Å². The number of hydrogen-bond donors (Lipinski definition) is 0. The molecule has 3 heteroatoms. The van der Waals surface area contributed by atoms with Crippen LogP contribution in [0.2, 0.25) is 0 Å². The molecule has 0 fully saturated rings. The van der Waals surface area contributed by atoms with Crippen molar-refractivity contribution in [2.75, 3.05) is 0 Å². The SMILES string of the molecule is Cc1ccc(I)c(-c2ncco2)c1. The summed E-state index contributed by atoms with van der Waals surface area (Å²) in [5.74, 6) is 0.688. The lowest BCUT2D eigenvalue weighted by Crippen LogP contribution is -1.83. The van der Waals surface area contributed by atoms with E-state index in [2.05, 4.69) is 52.7 Å². The van der Waals surface area contributed by atoms with Gasteiger partial charge in [-0.3, -0.25) is 0 Å². The van der Waals surface area contributed by atoms with Crippen LogP contribution in [0.15, 0.2) is 35.1 Å². The van der Waals surface area contributed by atoms with Gasteiger partial charge in [-0.1, -0.05) is 11.6 Å². The highest BCUT2D eigenvalue weighted by atomic mass is 127. The Morgan fingerprint density at radius 3 is 2.92 bits per heavy atom. The summed E-state index contributed by atoms with van der Waals surface area (Å²) in [5.41, 5.74) is 2.28. The van der Waals surface area contributed by atoms with Crippen LogP contribution >= 0.6 is 22.6 Å². The van der Waals surface area contributed by atoms with Gasteiger partial charge in [0.1, 0.15) is 6.26 Å². The predicted octanol–water partition coefficient (Wildman–Crippen LogP) is 3.25. The van der Waals surface area contributed by atoms with Gasteiger partial charge in [0.2, 0.25) is 5.89 Å². The van der Waals surface area contributed by atoms with Crippen molar-refractivity contribution in [3.63, 3.8) is 0 Å². The van der Waals surface area contributed by atoms with Gasteiger partial charge in [0.25, 0.3) is 0 Å². The second kappa shape index (κ2) is 3.49. The molecule has 0 saturated carbocycles. The molecule has 0 bridgehead atoms. The average Bonchev–Trinajstić information content (AvgIpc) is 2.61. The van der Waals surface area contributed by atoms with Crippen LogP contribution in [0.3, 0.4) is 0 Å². The van der Waals surface area contributed by atoms with E-state index in [-0.39, 0.29) is 0 Å². The number of rotatable bonds is 1. The van der Waals surface area contributed by atoms with Crippen molar-refractivity contribution in [1.29, 1.82) is 0 Å². The quantitative estimate of drug-likeness (QED) is 0.752. The summed E-state index contributed by atoms with van der Waals surface area (Å²) in [4.78, 5) is 4.12.